The lowest BCUT2D eigenvalue weighted by molar-refractivity contribution is -0.122. The van der Waals surface area contributed by atoms with Crippen LogP contribution in [0, 0.1) is 0 Å². The first-order chi connectivity index (χ1) is 10.7. The van der Waals surface area contributed by atoms with Gasteiger partial charge in [-0.25, -0.2) is 0 Å². The standard InChI is InChI=1S/C19H22N2O/c20-17(15-8-2-1-3-9-15)13-19(22)21-18-12-6-10-14-7-4-5-11-16(14)18/h1-5,7-9,11,17-18H,6,10,12-13,20H2,(H,21,22). The van der Waals surface area contributed by atoms with Crippen molar-refractivity contribution in [2.24, 2.45) is 5.73 Å². The lowest BCUT2D eigenvalue weighted by atomic mass is 9.87. The Balaban J connectivity index is 1.63. The van der Waals surface area contributed by atoms with Gasteiger partial charge in [0.25, 0.3) is 0 Å². The molecule has 1 amide bonds. The third kappa shape index (κ3) is 3.37. The summed E-state index contributed by atoms with van der Waals surface area (Å²) in [7, 11) is 0. The molecular weight excluding hydrogens is 272 g/mol. The van der Waals surface area contributed by atoms with E-state index in [-0.39, 0.29) is 18.0 Å². The second kappa shape index (κ2) is 6.75. The van der Waals surface area contributed by atoms with Gasteiger partial charge in [-0.3, -0.25) is 4.79 Å². The van der Waals surface area contributed by atoms with E-state index in [1.807, 2.05) is 36.4 Å². The number of hydrogen-bond donors (Lipinski definition) is 2. The van der Waals surface area contributed by atoms with Crippen LogP contribution in [0.4, 0.5) is 0 Å². The Morgan fingerprint density at radius 2 is 1.86 bits per heavy atom. The van der Waals surface area contributed by atoms with Crippen LogP contribution in [0.15, 0.2) is 54.6 Å². The van der Waals surface area contributed by atoms with Crippen LogP contribution in [0.1, 0.15) is 48.0 Å². The zero-order valence-corrected chi connectivity index (χ0v) is 12.7. The van der Waals surface area contributed by atoms with Crippen molar-refractivity contribution in [3.05, 3.63) is 71.3 Å². The van der Waals surface area contributed by atoms with Gasteiger partial charge in [0.05, 0.1) is 6.04 Å². The van der Waals surface area contributed by atoms with Crippen LogP contribution in [0.2, 0.25) is 0 Å². The first kappa shape index (κ1) is 14.8. The zero-order chi connectivity index (χ0) is 15.4. The minimum Gasteiger partial charge on any atom is -0.349 e. The van der Waals surface area contributed by atoms with Crippen LogP contribution in [0.3, 0.4) is 0 Å². The fourth-order valence-corrected chi connectivity index (χ4v) is 3.17. The molecule has 0 aromatic heterocycles. The molecule has 2 atom stereocenters. The van der Waals surface area contributed by atoms with E-state index < -0.39 is 0 Å². The second-order valence-corrected chi connectivity index (χ2v) is 5.93. The van der Waals surface area contributed by atoms with Gasteiger partial charge in [0.15, 0.2) is 0 Å². The Morgan fingerprint density at radius 3 is 2.68 bits per heavy atom. The fraction of sp³-hybridized carbons (Fsp3) is 0.316. The van der Waals surface area contributed by atoms with Gasteiger partial charge in [0, 0.05) is 12.5 Å². The number of nitrogens with two attached hydrogens (primary N) is 1. The van der Waals surface area contributed by atoms with Crippen molar-refractivity contribution < 1.29 is 4.79 Å². The summed E-state index contributed by atoms with van der Waals surface area (Å²) in [5, 5.41) is 3.16. The highest BCUT2D eigenvalue weighted by molar-refractivity contribution is 5.77. The molecule has 0 saturated heterocycles. The average molecular weight is 294 g/mol. The van der Waals surface area contributed by atoms with Gasteiger partial charge in [-0.05, 0) is 36.0 Å². The van der Waals surface area contributed by atoms with Crippen molar-refractivity contribution in [2.45, 2.75) is 37.8 Å². The molecule has 2 unspecified atom stereocenters. The Morgan fingerprint density at radius 1 is 1.14 bits per heavy atom. The van der Waals surface area contributed by atoms with Crippen LogP contribution in [0.25, 0.3) is 0 Å². The molecule has 0 heterocycles. The minimum absolute atomic E-state index is 0.0260. The molecular formula is C19H22N2O. The number of nitrogens with one attached hydrogen (secondary N) is 1. The molecule has 0 spiro atoms. The maximum atomic E-state index is 12.3. The molecule has 22 heavy (non-hydrogen) atoms. The summed E-state index contributed by atoms with van der Waals surface area (Å²) in [5.74, 6) is 0.0260. The van der Waals surface area contributed by atoms with Gasteiger partial charge in [-0.15, -0.1) is 0 Å². The summed E-state index contributed by atoms with van der Waals surface area (Å²) in [6.45, 7) is 0. The van der Waals surface area contributed by atoms with E-state index >= 15 is 0 Å². The topological polar surface area (TPSA) is 55.1 Å². The van der Waals surface area contributed by atoms with Gasteiger partial charge in [0.2, 0.25) is 5.91 Å². The number of hydrogen-bond acceptors (Lipinski definition) is 2. The van der Waals surface area contributed by atoms with E-state index in [0.717, 1.165) is 24.8 Å². The lowest BCUT2D eigenvalue weighted by Gasteiger charge is -2.26. The molecule has 3 heteroatoms. The number of benzene rings is 2. The summed E-state index contributed by atoms with van der Waals surface area (Å²) in [6, 6.07) is 18.0. The van der Waals surface area contributed by atoms with E-state index in [1.54, 1.807) is 0 Å². The number of amides is 1. The van der Waals surface area contributed by atoms with Crippen molar-refractivity contribution in [3.63, 3.8) is 0 Å². The molecule has 2 aromatic carbocycles. The summed E-state index contributed by atoms with van der Waals surface area (Å²) in [5.41, 5.74) is 9.75. The van der Waals surface area contributed by atoms with Gasteiger partial charge in [-0.1, -0.05) is 54.6 Å². The van der Waals surface area contributed by atoms with Gasteiger partial charge in [-0.2, -0.15) is 0 Å². The average Bonchev–Trinajstić information content (AvgIpc) is 2.56. The first-order valence-electron chi connectivity index (χ1n) is 7.92. The number of carbonyl (C=O) groups is 1. The van der Waals surface area contributed by atoms with E-state index in [2.05, 4.69) is 23.5 Å². The third-order valence-corrected chi connectivity index (χ3v) is 4.34. The minimum atomic E-state index is -0.250. The van der Waals surface area contributed by atoms with Gasteiger partial charge in [0.1, 0.15) is 0 Å². The fourth-order valence-electron chi connectivity index (χ4n) is 3.17. The highest BCUT2D eigenvalue weighted by Gasteiger charge is 2.22. The molecule has 1 aliphatic rings. The predicted molar refractivity (Wildman–Crippen MR) is 88.3 cm³/mol. The van der Waals surface area contributed by atoms with Crippen LogP contribution < -0.4 is 11.1 Å². The van der Waals surface area contributed by atoms with E-state index in [1.165, 1.54) is 11.1 Å². The number of carbonyl (C=O) groups excluding carboxylic acids is 1. The van der Waals surface area contributed by atoms with Crippen LogP contribution in [-0.2, 0) is 11.2 Å². The zero-order valence-electron chi connectivity index (χ0n) is 12.7. The van der Waals surface area contributed by atoms with Crippen molar-refractivity contribution in [1.29, 1.82) is 0 Å². The summed E-state index contributed by atoms with van der Waals surface area (Å²) < 4.78 is 0. The highest BCUT2D eigenvalue weighted by atomic mass is 16.1. The molecule has 0 bridgehead atoms. The summed E-state index contributed by atoms with van der Waals surface area (Å²) in [4.78, 5) is 12.3. The lowest BCUT2D eigenvalue weighted by Crippen LogP contribution is -2.33. The molecule has 0 fully saturated rings. The monoisotopic (exact) mass is 294 g/mol. The Hall–Kier alpha value is -2.13. The van der Waals surface area contributed by atoms with Gasteiger partial charge < -0.3 is 11.1 Å². The SMILES string of the molecule is NC(CC(=O)NC1CCCc2ccccc21)c1ccccc1. The largest absolute Gasteiger partial charge is 0.349 e. The van der Waals surface area contributed by atoms with E-state index in [4.69, 9.17) is 5.73 Å². The summed E-state index contributed by atoms with van der Waals surface area (Å²) in [6.07, 6.45) is 3.55. The number of aryl methyl sites for hydroxylation is 1. The Bertz CT molecular complexity index is 639. The molecule has 1 aliphatic carbocycles. The Kier molecular flexibility index (Phi) is 4.54. The maximum absolute atomic E-state index is 12.3. The molecule has 3 nitrogen and oxygen atoms in total. The van der Waals surface area contributed by atoms with Crippen LogP contribution >= 0.6 is 0 Å². The van der Waals surface area contributed by atoms with E-state index in [9.17, 15) is 4.79 Å². The van der Waals surface area contributed by atoms with Crippen molar-refractivity contribution in [1.82, 2.24) is 5.32 Å². The quantitative estimate of drug-likeness (QED) is 0.909. The molecule has 0 aliphatic heterocycles. The highest BCUT2D eigenvalue weighted by Crippen LogP contribution is 2.29. The van der Waals surface area contributed by atoms with Crippen molar-refractivity contribution in [2.75, 3.05) is 0 Å². The Labute approximate surface area is 131 Å². The molecule has 0 saturated carbocycles. The number of fused-ring (bicyclic) bond motifs is 1. The predicted octanol–water partition coefficient (Wildman–Crippen LogP) is 3.27. The van der Waals surface area contributed by atoms with Crippen molar-refractivity contribution >= 4 is 5.91 Å². The molecule has 2 aromatic rings. The normalized spacial score (nSPS) is 18.3. The summed E-state index contributed by atoms with van der Waals surface area (Å²) >= 11 is 0. The first-order valence-corrected chi connectivity index (χ1v) is 7.92. The molecule has 3 N–H and O–H groups in total. The van der Waals surface area contributed by atoms with E-state index in [0.29, 0.717) is 6.42 Å². The van der Waals surface area contributed by atoms with Crippen LogP contribution in [-0.4, -0.2) is 5.91 Å². The smallest absolute Gasteiger partial charge is 0.222 e. The van der Waals surface area contributed by atoms with Gasteiger partial charge >= 0.3 is 0 Å². The third-order valence-electron chi connectivity index (χ3n) is 4.34. The molecule has 114 valence electrons. The van der Waals surface area contributed by atoms with Crippen LogP contribution in [0.5, 0.6) is 0 Å². The molecule has 0 radical (unpaired) electrons. The second-order valence-electron chi connectivity index (χ2n) is 5.93. The van der Waals surface area contributed by atoms with Crippen molar-refractivity contribution in [3.8, 4) is 0 Å². The maximum Gasteiger partial charge on any atom is 0.222 e. The number of rotatable bonds is 4. The molecule has 3 rings (SSSR count).